The van der Waals surface area contributed by atoms with Crippen molar-refractivity contribution in [3.8, 4) is 0 Å². The fraction of sp³-hybridized carbons (Fsp3) is 0.438. The number of fused-ring (bicyclic) bond motifs is 1. The van der Waals surface area contributed by atoms with Gasteiger partial charge in [0.2, 0.25) is 10.0 Å². The molecule has 0 saturated heterocycles. The number of benzene rings is 1. The molecular formula is C16H22N2O4S. The summed E-state index contributed by atoms with van der Waals surface area (Å²) < 4.78 is 37.8. The molecule has 0 saturated carbocycles. The summed E-state index contributed by atoms with van der Waals surface area (Å²) in [5.74, 6) is 0. The van der Waals surface area contributed by atoms with Gasteiger partial charge in [-0.2, -0.15) is 0 Å². The molecular weight excluding hydrogens is 316 g/mol. The zero-order valence-electron chi connectivity index (χ0n) is 13.4. The van der Waals surface area contributed by atoms with Gasteiger partial charge in [0.05, 0.1) is 23.6 Å². The maximum absolute atomic E-state index is 12.5. The Balaban J connectivity index is 2.02. The average Bonchev–Trinajstić information content (AvgIpc) is 2.54. The van der Waals surface area contributed by atoms with Crippen molar-refractivity contribution < 1.29 is 17.9 Å². The van der Waals surface area contributed by atoms with E-state index < -0.39 is 10.0 Å². The molecule has 0 bridgehead atoms. The van der Waals surface area contributed by atoms with Crippen LogP contribution in [-0.2, 0) is 19.5 Å². The molecule has 0 unspecified atom stereocenters. The van der Waals surface area contributed by atoms with Crippen LogP contribution < -0.4 is 4.72 Å². The number of pyridine rings is 1. The third kappa shape index (κ3) is 4.71. The lowest BCUT2D eigenvalue weighted by Gasteiger charge is -2.10. The summed E-state index contributed by atoms with van der Waals surface area (Å²) in [6, 6.07) is 6.91. The fourth-order valence-corrected chi connectivity index (χ4v) is 3.49. The third-order valence-corrected chi connectivity index (χ3v) is 4.93. The molecule has 0 aliphatic heterocycles. The molecule has 6 nitrogen and oxygen atoms in total. The Morgan fingerprint density at radius 3 is 2.78 bits per heavy atom. The molecule has 0 amide bonds. The number of hydrogen-bond donors (Lipinski definition) is 1. The van der Waals surface area contributed by atoms with E-state index in [1.807, 2.05) is 6.92 Å². The molecule has 1 aromatic carbocycles. The van der Waals surface area contributed by atoms with Gasteiger partial charge >= 0.3 is 0 Å². The molecule has 0 radical (unpaired) electrons. The van der Waals surface area contributed by atoms with Gasteiger partial charge in [-0.15, -0.1) is 0 Å². The summed E-state index contributed by atoms with van der Waals surface area (Å²) in [7, 11) is -1.96. The zero-order chi connectivity index (χ0) is 16.7. The second kappa shape index (κ2) is 8.35. The number of ether oxygens (including phenoxy) is 2. The Bertz CT molecular complexity index is 747. The molecule has 1 N–H and O–H groups in total. The number of aromatic nitrogens is 1. The van der Waals surface area contributed by atoms with Crippen molar-refractivity contribution in [3.05, 3.63) is 36.0 Å². The van der Waals surface area contributed by atoms with Gasteiger partial charge in [-0.25, -0.2) is 13.1 Å². The summed E-state index contributed by atoms with van der Waals surface area (Å²) >= 11 is 0. The second-order valence-corrected chi connectivity index (χ2v) is 6.87. The molecule has 1 heterocycles. The SMILES string of the molecule is COCCOCCCNS(=O)(=O)c1ccc(C)c2ncccc12. The first-order chi connectivity index (χ1) is 11.1. The molecule has 1 aromatic heterocycles. The first kappa shape index (κ1) is 17.8. The summed E-state index contributed by atoms with van der Waals surface area (Å²) in [6.45, 7) is 3.77. The zero-order valence-corrected chi connectivity index (χ0v) is 14.2. The van der Waals surface area contributed by atoms with Gasteiger partial charge in [0, 0.05) is 31.8 Å². The van der Waals surface area contributed by atoms with Crippen molar-refractivity contribution >= 4 is 20.9 Å². The normalized spacial score (nSPS) is 11.9. The van der Waals surface area contributed by atoms with Crippen molar-refractivity contribution in [2.75, 3.05) is 33.5 Å². The number of aryl methyl sites for hydroxylation is 1. The highest BCUT2D eigenvalue weighted by Crippen LogP contribution is 2.23. The minimum Gasteiger partial charge on any atom is -0.382 e. The van der Waals surface area contributed by atoms with Crippen LogP contribution in [0.2, 0.25) is 0 Å². The van der Waals surface area contributed by atoms with E-state index in [9.17, 15) is 8.42 Å². The van der Waals surface area contributed by atoms with Crippen LogP contribution in [0.4, 0.5) is 0 Å². The molecule has 0 aliphatic rings. The van der Waals surface area contributed by atoms with Crippen LogP contribution in [0, 0.1) is 6.92 Å². The van der Waals surface area contributed by atoms with Crippen LogP contribution in [-0.4, -0.2) is 46.9 Å². The monoisotopic (exact) mass is 338 g/mol. The summed E-state index contributed by atoms with van der Waals surface area (Å²) in [5, 5.41) is 0.636. The number of rotatable bonds is 9. The van der Waals surface area contributed by atoms with Gasteiger partial charge in [0.15, 0.2) is 0 Å². The van der Waals surface area contributed by atoms with Crippen molar-refractivity contribution in [2.45, 2.75) is 18.2 Å². The number of hydrogen-bond acceptors (Lipinski definition) is 5. The van der Waals surface area contributed by atoms with Gasteiger partial charge in [0.25, 0.3) is 0 Å². The van der Waals surface area contributed by atoms with Gasteiger partial charge in [-0.05, 0) is 37.1 Å². The van der Waals surface area contributed by atoms with Crippen LogP contribution in [0.1, 0.15) is 12.0 Å². The molecule has 2 rings (SSSR count). The number of methoxy groups -OCH3 is 1. The predicted octanol–water partition coefficient (Wildman–Crippen LogP) is 1.87. The number of nitrogens with one attached hydrogen (secondary N) is 1. The molecule has 0 fully saturated rings. The van der Waals surface area contributed by atoms with Crippen LogP contribution in [0.15, 0.2) is 35.4 Å². The first-order valence-corrected chi connectivity index (χ1v) is 8.95. The summed E-state index contributed by atoms with van der Waals surface area (Å²) in [4.78, 5) is 4.53. The average molecular weight is 338 g/mol. The Morgan fingerprint density at radius 2 is 2.00 bits per heavy atom. The predicted molar refractivity (Wildman–Crippen MR) is 89.0 cm³/mol. The first-order valence-electron chi connectivity index (χ1n) is 7.47. The lowest BCUT2D eigenvalue weighted by Crippen LogP contribution is -2.26. The highest BCUT2D eigenvalue weighted by atomic mass is 32.2. The summed E-state index contributed by atoms with van der Waals surface area (Å²) in [6.07, 6.45) is 2.27. The molecule has 0 atom stereocenters. The van der Waals surface area contributed by atoms with E-state index in [0.29, 0.717) is 43.7 Å². The van der Waals surface area contributed by atoms with Gasteiger partial charge in [0.1, 0.15) is 0 Å². The van der Waals surface area contributed by atoms with Crippen molar-refractivity contribution in [3.63, 3.8) is 0 Å². The smallest absolute Gasteiger partial charge is 0.241 e. The summed E-state index contributed by atoms with van der Waals surface area (Å²) in [5.41, 5.74) is 1.66. The Kier molecular flexibility index (Phi) is 6.47. The topological polar surface area (TPSA) is 77.5 Å². The molecule has 2 aromatic rings. The van der Waals surface area contributed by atoms with E-state index in [-0.39, 0.29) is 4.90 Å². The number of nitrogens with zero attached hydrogens (tertiary/aromatic N) is 1. The van der Waals surface area contributed by atoms with E-state index in [0.717, 1.165) is 5.56 Å². The Morgan fingerprint density at radius 1 is 1.17 bits per heavy atom. The quantitative estimate of drug-likeness (QED) is 0.706. The Labute approximate surface area is 136 Å². The van der Waals surface area contributed by atoms with Crippen LogP contribution in [0.3, 0.4) is 0 Å². The van der Waals surface area contributed by atoms with Crippen molar-refractivity contribution in [1.29, 1.82) is 0 Å². The van der Waals surface area contributed by atoms with Crippen molar-refractivity contribution in [2.24, 2.45) is 0 Å². The fourth-order valence-electron chi connectivity index (χ4n) is 2.22. The standard InChI is InChI=1S/C16H22N2O4S/c1-13-6-7-15(14-5-3-8-17-16(13)14)23(19,20)18-9-4-10-22-12-11-21-2/h3,5-8,18H,4,9-12H2,1-2H3. The second-order valence-electron chi connectivity index (χ2n) is 5.14. The van der Waals surface area contributed by atoms with E-state index in [1.165, 1.54) is 0 Å². The Hall–Kier alpha value is -1.54. The molecule has 0 aliphatic carbocycles. The van der Waals surface area contributed by atoms with Crippen LogP contribution in [0.5, 0.6) is 0 Å². The highest BCUT2D eigenvalue weighted by Gasteiger charge is 2.17. The number of sulfonamides is 1. The molecule has 23 heavy (non-hydrogen) atoms. The third-order valence-electron chi connectivity index (χ3n) is 3.41. The maximum Gasteiger partial charge on any atom is 0.241 e. The maximum atomic E-state index is 12.5. The van der Waals surface area contributed by atoms with E-state index in [1.54, 1.807) is 37.6 Å². The molecule has 0 spiro atoms. The van der Waals surface area contributed by atoms with Crippen LogP contribution >= 0.6 is 0 Å². The van der Waals surface area contributed by atoms with E-state index >= 15 is 0 Å². The van der Waals surface area contributed by atoms with E-state index in [4.69, 9.17) is 9.47 Å². The van der Waals surface area contributed by atoms with Crippen molar-refractivity contribution in [1.82, 2.24) is 9.71 Å². The van der Waals surface area contributed by atoms with Gasteiger partial charge < -0.3 is 9.47 Å². The minimum absolute atomic E-state index is 0.256. The van der Waals surface area contributed by atoms with E-state index in [2.05, 4.69) is 9.71 Å². The molecule has 7 heteroatoms. The van der Waals surface area contributed by atoms with Gasteiger partial charge in [-0.3, -0.25) is 4.98 Å². The molecule has 126 valence electrons. The lowest BCUT2D eigenvalue weighted by molar-refractivity contribution is 0.0699. The van der Waals surface area contributed by atoms with Crippen LogP contribution in [0.25, 0.3) is 10.9 Å². The lowest BCUT2D eigenvalue weighted by atomic mass is 10.1. The van der Waals surface area contributed by atoms with Gasteiger partial charge in [-0.1, -0.05) is 6.07 Å². The highest BCUT2D eigenvalue weighted by molar-refractivity contribution is 7.89. The minimum atomic E-state index is -3.57. The largest absolute Gasteiger partial charge is 0.382 e.